The Hall–Kier alpha value is -5.75. The number of carbonyl (C=O) groups excluding carboxylic acids is 1. The number of anilines is 2. The lowest BCUT2D eigenvalue weighted by Gasteiger charge is -2.10. The van der Waals surface area contributed by atoms with Gasteiger partial charge in [-0.3, -0.25) is 14.2 Å². The number of rotatable bonds is 10. The molecule has 0 aliphatic heterocycles. The van der Waals surface area contributed by atoms with E-state index >= 15 is 0 Å². The normalized spacial score (nSPS) is 11.2. The van der Waals surface area contributed by atoms with Gasteiger partial charge in [0, 0.05) is 48.3 Å². The first-order chi connectivity index (χ1) is 22.2. The Morgan fingerprint density at radius 1 is 0.957 bits per heavy atom. The van der Waals surface area contributed by atoms with Gasteiger partial charge in [0.1, 0.15) is 11.2 Å². The second-order valence-electron chi connectivity index (χ2n) is 11.1. The summed E-state index contributed by atoms with van der Waals surface area (Å²) in [5, 5.41) is 6.86. The highest BCUT2D eigenvalue weighted by molar-refractivity contribution is 5.94. The van der Waals surface area contributed by atoms with Crippen molar-refractivity contribution in [1.29, 1.82) is 0 Å². The number of amides is 1. The topological polar surface area (TPSA) is 121 Å². The molecule has 0 atom stereocenters. The minimum Gasteiger partial charge on any atom is -0.348 e. The minimum atomic E-state index is -1.02. The molecule has 3 aromatic heterocycles. The smallest absolute Gasteiger partial charge is 0.266 e. The Labute approximate surface area is 262 Å². The molecular weight excluding hydrogens is 590 g/mol. The maximum atomic E-state index is 13.6. The van der Waals surface area contributed by atoms with Crippen LogP contribution in [0.5, 0.6) is 0 Å². The van der Waals surface area contributed by atoms with Crippen LogP contribution in [0.1, 0.15) is 27.0 Å². The SMILES string of the molecule is CN(C)Cc1ccc(Nc2ncc3c(-c4cccc(CNC(=O)c5cncn(Cc6ccc(F)c(F)c6)c5=O)c4)c[nH]c3n2)cc1. The summed E-state index contributed by atoms with van der Waals surface area (Å²) in [6.45, 7) is 0.948. The van der Waals surface area contributed by atoms with Crippen molar-refractivity contribution in [3.63, 3.8) is 0 Å². The van der Waals surface area contributed by atoms with Crippen molar-refractivity contribution in [2.24, 2.45) is 0 Å². The van der Waals surface area contributed by atoms with Crippen LogP contribution in [0.25, 0.3) is 22.2 Å². The van der Waals surface area contributed by atoms with E-state index in [2.05, 4.69) is 47.6 Å². The molecule has 0 saturated heterocycles. The third kappa shape index (κ3) is 6.81. The van der Waals surface area contributed by atoms with Crippen molar-refractivity contribution < 1.29 is 13.6 Å². The quantitative estimate of drug-likeness (QED) is 0.192. The standard InChI is InChI=1S/C34H30F2N8O2/c1-43(2)18-21-6-9-25(10-7-21)41-34-40-17-27-26(16-38-31(27)42-34)24-5-3-4-22(12-24)14-39-32(45)28-15-37-20-44(33(28)46)19-23-8-11-29(35)30(36)13-23/h3-13,15-17,20H,14,18-19H2,1-2H3,(H,39,45)(H2,38,40,41,42). The van der Waals surface area contributed by atoms with Crippen molar-refractivity contribution in [3.8, 4) is 11.1 Å². The summed E-state index contributed by atoms with van der Waals surface area (Å²) in [6.07, 6.45) is 6.06. The number of halogens is 2. The van der Waals surface area contributed by atoms with Gasteiger partial charge < -0.3 is 20.5 Å². The summed E-state index contributed by atoms with van der Waals surface area (Å²) in [5.74, 6) is -2.13. The number of nitrogens with one attached hydrogen (secondary N) is 3. The zero-order chi connectivity index (χ0) is 32.2. The first-order valence-corrected chi connectivity index (χ1v) is 14.4. The van der Waals surface area contributed by atoms with Gasteiger partial charge in [0.15, 0.2) is 11.6 Å². The fourth-order valence-electron chi connectivity index (χ4n) is 5.07. The second kappa shape index (κ2) is 13.1. The van der Waals surface area contributed by atoms with E-state index in [1.165, 1.54) is 28.7 Å². The number of H-pyrrole nitrogens is 1. The number of nitrogens with zero attached hydrogens (tertiary/aromatic N) is 5. The molecule has 0 spiro atoms. The number of aromatic amines is 1. The Morgan fingerprint density at radius 2 is 1.76 bits per heavy atom. The number of benzene rings is 3. The molecular formula is C34H30F2N8O2. The zero-order valence-electron chi connectivity index (χ0n) is 25.1. The predicted octanol–water partition coefficient (Wildman–Crippen LogP) is 5.24. The molecule has 0 unspecified atom stereocenters. The molecule has 3 heterocycles. The number of aromatic nitrogens is 5. The van der Waals surface area contributed by atoms with E-state index in [1.54, 1.807) is 6.20 Å². The highest BCUT2D eigenvalue weighted by atomic mass is 19.2. The average molecular weight is 621 g/mol. The zero-order valence-corrected chi connectivity index (χ0v) is 25.1. The van der Waals surface area contributed by atoms with Gasteiger partial charge in [-0.1, -0.05) is 36.4 Å². The molecule has 6 rings (SSSR count). The first-order valence-electron chi connectivity index (χ1n) is 14.4. The average Bonchev–Trinajstić information content (AvgIpc) is 3.47. The summed E-state index contributed by atoms with van der Waals surface area (Å²) >= 11 is 0. The molecule has 1 amide bonds. The van der Waals surface area contributed by atoms with E-state index in [-0.39, 0.29) is 18.7 Å². The van der Waals surface area contributed by atoms with Crippen LogP contribution in [0.3, 0.4) is 0 Å². The van der Waals surface area contributed by atoms with Crippen LogP contribution in [0.4, 0.5) is 20.4 Å². The van der Waals surface area contributed by atoms with Gasteiger partial charge >= 0.3 is 0 Å². The highest BCUT2D eigenvalue weighted by Gasteiger charge is 2.15. The van der Waals surface area contributed by atoms with Crippen molar-refractivity contribution >= 4 is 28.6 Å². The molecule has 232 valence electrons. The highest BCUT2D eigenvalue weighted by Crippen LogP contribution is 2.29. The van der Waals surface area contributed by atoms with Gasteiger partial charge in [0.2, 0.25) is 5.95 Å². The summed E-state index contributed by atoms with van der Waals surface area (Å²) in [5.41, 5.74) is 4.97. The third-order valence-corrected chi connectivity index (χ3v) is 7.31. The van der Waals surface area contributed by atoms with Gasteiger partial charge in [0.05, 0.1) is 12.9 Å². The van der Waals surface area contributed by atoms with E-state index in [0.29, 0.717) is 17.2 Å². The molecule has 3 aromatic carbocycles. The largest absolute Gasteiger partial charge is 0.348 e. The van der Waals surface area contributed by atoms with Crippen molar-refractivity contribution in [2.75, 3.05) is 19.4 Å². The maximum Gasteiger partial charge on any atom is 0.266 e. The van der Waals surface area contributed by atoms with Crippen LogP contribution < -0.4 is 16.2 Å². The molecule has 0 fully saturated rings. The molecule has 0 radical (unpaired) electrons. The lowest BCUT2D eigenvalue weighted by atomic mass is 10.0. The van der Waals surface area contributed by atoms with Crippen LogP contribution in [-0.2, 0) is 19.6 Å². The van der Waals surface area contributed by atoms with Crippen molar-refractivity contribution in [2.45, 2.75) is 19.6 Å². The van der Waals surface area contributed by atoms with Crippen LogP contribution in [0.15, 0.2) is 96.4 Å². The Balaban J connectivity index is 1.13. The van der Waals surface area contributed by atoms with Gasteiger partial charge in [0.25, 0.3) is 11.5 Å². The molecule has 0 aliphatic carbocycles. The Kier molecular flexibility index (Phi) is 8.61. The molecule has 0 aliphatic rings. The van der Waals surface area contributed by atoms with Crippen LogP contribution in [0.2, 0.25) is 0 Å². The Bertz CT molecular complexity index is 2090. The van der Waals surface area contributed by atoms with Crippen molar-refractivity contribution in [1.82, 2.24) is 34.7 Å². The minimum absolute atomic E-state index is 0.0672. The van der Waals surface area contributed by atoms with E-state index in [9.17, 15) is 18.4 Å². The second-order valence-corrected chi connectivity index (χ2v) is 11.1. The molecule has 12 heteroatoms. The maximum absolute atomic E-state index is 13.6. The van der Waals surface area contributed by atoms with E-state index in [0.717, 1.165) is 46.4 Å². The summed E-state index contributed by atoms with van der Waals surface area (Å²) in [6, 6.07) is 19.1. The van der Waals surface area contributed by atoms with Gasteiger partial charge in [-0.25, -0.2) is 18.7 Å². The summed E-state index contributed by atoms with van der Waals surface area (Å²) in [7, 11) is 4.06. The first kappa shape index (κ1) is 30.3. The number of carbonyl (C=O) groups is 1. The summed E-state index contributed by atoms with van der Waals surface area (Å²) in [4.78, 5) is 44.4. The molecule has 3 N–H and O–H groups in total. The Morgan fingerprint density at radius 3 is 2.54 bits per heavy atom. The van der Waals surface area contributed by atoms with Gasteiger partial charge in [-0.15, -0.1) is 0 Å². The van der Waals surface area contributed by atoms with Gasteiger partial charge in [-0.05, 0) is 66.7 Å². The molecule has 10 nitrogen and oxygen atoms in total. The fourth-order valence-corrected chi connectivity index (χ4v) is 5.07. The lowest BCUT2D eigenvalue weighted by molar-refractivity contribution is 0.0948. The number of hydrogen-bond donors (Lipinski definition) is 3. The van der Waals surface area contributed by atoms with Crippen LogP contribution >= 0.6 is 0 Å². The third-order valence-electron chi connectivity index (χ3n) is 7.31. The summed E-state index contributed by atoms with van der Waals surface area (Å²) < 4.78 is 28.1. The van der Waals surface area contributed by atoms with Crippen LogP contribution in [-0.4, -0.2) is 49.4 Å². The van der Waals surface area contributed by atoms with E-state index in [1.807, 2.05) is 56.7 Å². The number of hydrogen-bond acceptors (Lipinski definition) is 7. The molecule has 0 saturated carbocycles. The van der Waals surface area contributed by atoms with E-state index in [4.69, 9.17) is 0 Å². The molecule has 46 heavy (non-hydrogen) atoms. The van der Waals surface area contributed by atoms with Gasteiger partial charge in [-0.2, -0.15) is 4.98 Å². The predicted molar refractivity (Wildman–Crippen MR) is 172 cm³/mol. The van der Waals surface area contributed by atoms with Crippen LogP contribution in [0, 0.1) is 11.6 Å². The van der Waals surface area contributed by atoms with E-state index < -0.39 is 23.1 Å². The van der Waals surface area contributed by atoms with Crippen molar-refractivity contribution in [3.05, 3.63) is 136 Å². The monoisotopic (exact) mass is 620 g/mol. The molecule has 0 bridgehead atoms. The lowest BCUT2D eigenvalue weighted by Crippen LogP contribution is -2.33. The number of fused-ring (bicyclic) bond motifs is 1. The fraction of sp³-hybridized carbons (Fsp3) is 0.147. The molecule has 6 aromatic rings.